The average Bonchev–Trinajstić information content (AvgIpc) is 3.30. The van der Waals surface area contributed by atoms with E-state index in [9.17, 15) is 9.59 Å². The lowest BCUT2D eigenvalue weighted by molar-refractivity contribution is 0.0924. The van der Waals surface area contributed by atoms with Crippen molar-refractivity contribution in [1.29, 1.82) is 0 Å². The standard InChI is InChI=1S/C20H24N2O3/c1-13(14-8-4-3-5-9-14)18-16(12-17(25-18)20(24)21-2)19(23)22-15-10-6-7-11-15/h3-5,8-9,12-13,15H,6-7,10-11H2,1-2H3,(H,21,24)(H,22,23)/t13-/m0/s1. The summed E-state index contributed by atoms with van der Waals surface area (Å²) in [4.78, 5) is 24.7. The predicted octanol–water partition coefficient (Wildman–Crippen LogP) is 3.46. The van der Waals surface area contributed by atoms with Crippen LogP contribution in [0.1, 0.15) is 70.8 Å². The summed E-state index contributed by atoms with van der Waals surface area (Å²) in [6.45, 7) is 1.98. The first-order valence-corrected chi connectivity index (χ1v) is 8.81. The fraction of sp³-hybridized carbons (Fsp3) is 0.400. The number of benzene rings is 1. The van der Waals surface area contributed by atoms with E-state index in [0.717, 1.165) is 31.2 Å². The number of amides is 2. The van der Waals surface area contributed by atoms with Crippen molar-refractivity contribution in [2.75, 3.05) is 7.05 Å². The molecule has 0 unspecified atom stereocenters. The summed E-state index contributed by atoms with van der Waals surface area (Å²) >= 11 is 0. The third-order valence-electron chi connectivity index (χ3n) is 4.84. The van der Waals surface area contributed by atoms with E-state index in [0.29, 0.717) is 11.3 Å². The SMILES string of the molecule is CNC(=O)c1cc(C(=O)NC2CCCC2)c([C@@H](C)c2ccccc2)o1. The van der Waals surface area contributed by atoms with Crippen LogP contribution in [0.25, 0.3) is 0 Å². The first kappa shape index (κ1) is 17.3. The quantitative estimate of drug-likeness (QED) is 0.875. The van der Waals surface area contributed by atoms with Crippen molar-refractivity contribution in [2.24, 2.45) is 0 Å². The van der Waals surface area contributed by atoms with Crippen LogP contribution in [0.2, 0.25) is 0 Å². The van der Waals surface area contributed by atoms with Gasteiger partial charge in [-0.05, 0) is 18.4 Å². The highest BCUT2D eigenvalue weighted by atomic mass is 16.4. The van der Waals surface area contributed by atoms with Crippen molar-refractivity contribution in [2.45, 2.75) is 44.6 Å². The van der Waals surface area contributed by atoms with Gasteiger partial charge in [0.2, 0.25) is 0 Å². The largest absolute Gasteiger partial charge is 0.454 e. The third-order valence-corrected chi connectivity index (χ3v) is 4.84. The Bertz CT molecular complexity index is 746. The molecule has 1 aromatic heterocycles. The highest BCUT2D eigenvalue weighted by Crippen LogP contribution is 2.30. The van der Waals surface area contributed by atoms with Crippen molar-refractivity contribution in [3.8, 4) is 0 Å². The summed E-state index contributed by atoms with van der Waals surface area (Å²) in [6.07, 6.45) is 4.31. The van der Waals surface area contributed by atoms with E-state index in [1.165, 1.54) is 0 Å². The molecule has 132 valence electrons. The molecule has 1 aliphatic rings. The second-order valence-corrected chi connectivity index (χ2v) is 6.55. The maximum absolute atomic E-state index is 12.8. The Morgan fingerprint density at radius 1 is 1.12 bits per heavy atom. The van der Waals surface area contributed by atoms with E-state index in [1.807, 2.05) is 37.3 Å². The molecule has 5 nitrogen and oxygen atoms in total. The van der Waals surface area contributed by atoms with Crippen molar-refractivity contribution >= 4 is 11.8 Å². The van der Waals surface area contributed by atoms with E-state index in [-0.39, 0.29) is 29.5 Å². The molecule has 2 N–H and O–H groups in total. The molecule has 2 aromatic rings. The Morgan fingerprint density at radius 3 is 2.44 bits per heavy atom. The van der Waals surface area contributed by atoms with Crippen molar-refractivity contribution < 1.29 is 14.0 Å². The zero-order chi connectivity index (χ0) is 17.8. The number of hydrogen-bond donors (Lipinski definition) is 2. The smallest absolute Gasteiger partial charge is 0.286 e. The van der Waals surface area contributed by atoms with Gasteiger partial charge in [0.05, 0.1) is 5.56 Å². The number of nitrogens with one attached hydrogen (secondary N) is 2. The van der Waals surface area contributed by atoms with Gasteiger partial charge in [-0.15, -0.1) is 0 Å². The van der Waals surface area contributed by atoms with Crippen LogP contribution in [0.3, 0.4) is 0 Å². The van der Waals surface area contributed by atoms with Crippen LogP contribution in [0.4, 0.5) is 0 Å². The molecular weight excluding hydrogens is 316 g/mol. The molecule has 1 heterocycles. The molecule has 2 amide bonds. The molecule has 3 rings (SSSR count). The van der Waals surface area contributed by atoms with Crippen LogP contribution < -0.4 is 10.6 Å². The van der Waals surface area contributed by atoms with Gasteiger partial charge in [-0.2, -0.15) is 0 Å². The minimum absolute atomic E-state index is 0.121. The zero-order valence-corrected chi connectivity index (χ0v) is 14.7. The van der Waals surface area contributed by atoms with E-state index < -0.39 is 0 Å². The molecule has 25 heavy (non-hydrogen) atoms. The Hall–Kier alpha value is -2.56. The molecule has 1 saturated carbocycles. The van der Waals surface area contributed by atoms with Gasteiger partial charge in [-0.3, -0.25) is 9.59 Å². The fourth-order valence-corrected chi connectivity index (χ4v) is 3.37. The molecule has 0 aliphatic heterocycles. The average molecular weight is 340 g/mol. The molecule has 0 saturated heterocycles. The Morgan fingerprint density at radius 2 is 1.80 bits per heavy atom. The Balaban J connectivity index is 1.93. The fourth-order valence-electron chi connectivity index (χ4n) is 3.37. The maximum Gasteiger partial charge on any atom is 0.286 e. The topological polar surface area (TPSA) is 71.3 Å². The van der Waals surface area contributed by atoms with Gasteiger partial charge < -0.3 is 15.1 Å². The number of carbonyl (C=O) groups excluding carboxylic acids is 2. The lowest BCUT2D eigenvalue weighted by Gasteiger charge is -2.14. The van der Waals surface area contributed by atoms with Crippen molar-refractivity contribution in [1.82, 2.24) is 10.6 Å². The number of hydrogen-bond acceptors (Lipinski definition) is 3. The molecule has 0 spiro atoms. The lowest BCUT2D eigenvalue weighted by Crippen LogP contribution is -2.33. The Kier molecular flexibility index (Phi) is 5.22. The molecule has 1 aliphatic carbocycles. The summed E-state index contributed by atoms with van der Waals surface area (Å²) in [7, 11) is 1.55. The zero-order valence-electron chi connectivity index (χ0n) is 14.7. The van der Waals surface area contributed by atoms with Gasteiger partial charge in [-0.1, -0.05) is 50.1 Å². The second-order valence-electron chi connectivity index (χ2n) is 6.55. The van der Waals surface area contributed by atoms with E-state index >= 15 is 0 Å². The summed E-state index contributed by atoms with van der Waals surface area (Å²) in [6, 6.07) is 11.6. The van der Waals surface area contributed by atoms with Gasteiger partial charge in [0, 0.05) is 25.1 Å². The van der Waals surface area contributed by atoms with Gasteiger partial charge in [0.25, 0.3) is 11.8 Å². The highest BCUT2D eigenvalue weighted by molar-refractivity contribution is 5.99. The van der Waals surface area contributed by atoms with Gasteiger partial charge in [0.1, 0.15) is 5.76 Å². The summed E-state index contributed by atoms with van der Waals surface area (Å²) < 4.78 is 5.80. The van der Waals surface area contributed by atoms with Crippen molar-refractivity contribution in [3.05, 3.63) is 59.0 Å². The first-order chi connectivity index (χ1) is 12.1. The lowest BCUT2D eigenvalue weighted by atomic mass is 9.95. The predicted molar refractivity (Wildman–Crippen MR) is 95.8 cm³/mol. The van der Waals surface area contributed by atoms with E-state index in [2.05, 4.69) is 10.6 Å². The normalized spacial score (nSPS) is 15.8. The maximum atomic E-state index is 12.8. The first-order valence-electron chi connectivity index (χ1n) is 8.81. The molecule has 1 aromatic carbocycles. The van der Waals surface area contributed by atoms with E-state index in [4.69, 9.17) is 4.42 Å². The van der Waals surface area contributed by atoms with Crippen molar-refractivity contribution in [3.63, 3.8) is 0 Å². The van der Waals surface area contributed by atoms with Gasteiger partial charge in [0.15, 0.2) is 5.76 Å². The molecular formula is C20H24N2O3. The monoisotopic (exact) mass is 340 g/mol. The van der Waals surface area contributed by atoms with Crippen LogP contribution in [0.5, 0.6) is 0 Å². The molecule has 1 atom stereocenters. The molecule has 5 heteroatoms. The number of rotatable bonds is 5. The van der Waals surface area contributed by atoms with Gasteiger partial charge >= 0.3 is 0 Å². The Labute approximate surface area is 147 Å². The summed E-state index contributed by atoms with van der Waals surface area (Å²) in [5.74, 6) is 0.0751. The minimum Gasteiger partial charge on any atom is -0.454 e. The number of carbonyl (C=O) groups is 2. The van der Waals surface area contributed by atoms with Crippen LogP contribution in [0, 0.1) is 0 Å². The van der Waals surface area contributed by atoms with Gasteiger partial charge in [-0.25, -0.2) is 0 Å². The summed E-state index contributed by atoms with van der Waals surface area (Å²) in [5.41, 5.74) is 1.48. The second kappa shape index (κ2) is 7.55. The summed E-state index contributed by atoms with van der Waals surface area (Å²) in [5, 5.41) is 5.63. The highest BCUT2D eigenvalue weighted by Gasteiger charge is 2.27. The minimum atomic E-state index is -0.332. The molecule has 1 fully saturated rings. The molecule has 0 radical (unpaired) electrons. The molecule has 0 bridgehead atoms. The van der Waals surface area contributed by atoms with E-state index in [1.54, 1.807) is 13.1 Å². The van der Waals surface area contributed by atoms with Crippen LogP contribution in [0.15, 0.2) is 40.8 Å². The van der Waals surface area contributed by atoms with Crippen LogP contribution in [-0.4, -0.2) is 24.9 Å². The third kappa shape index (κ3) is 3.76. The number of furan rings is 1. The van der Waals surface area contributed by atoms with Crippen LogP contribution >= 0.6 is 0 Å². The van der Waals surface area contributed by atoms with Crippen LogP contribution in [-0.2, 0) is 0 Å².